The molecule has 2 saturated heterocycles. The predicted octanol–water partition coefficient (Wildman–Crippen LogP) is 1.35. The van der Waals surface area contributed by atoms with Crippen molar-refractivity contribution in [1.82, 2.24) is 4.90 Å². The van der Waals surface area contributed by atoms with Crippen molar-refractivity contribution in [2.75, 3.05) is 40.0 Å². The lowest BCUT2D eigenvalue weighted by Gasteiger charge is -2.33. The van der Waals surface area contributed by atoms with Crippen molar-refractivity contribution in [3.63, 3.8) is 0 Å². The normalized spacial score (nSPS) is 24.1. The Morgan fingerprint density at radius 3 is 2.61 bits per heavy atom. The molecule has 2 atom stereocenters. The van der Waals surface area contributed by atoms with Crippen LogP contribution in [0.3, 0.4) is 0 Å². The Balaban J connectivity index is 0.00000264. The van der Waals surface area contributed by atoms with Crippen LogP contribution in [0.5, 0.6) is 0 Å². The van der Waals surface area contributed by atoms with Crippen LogP contribution in [-0.2, 0) is 19.0 Å². The van der Waals surface area contributed by atoms with E-state index < -0.39 is 0 Å². The lowest BCUT2D eigenvalue weighted by molar-refractivity contribution is -0.137. The summed E-state index contributed by atoms with van der Waals surface area (Å²) in [7, 11) is 1.60. The van der Waals surface area contributed by atoms with Crippen LogP contribution in [0.1, 0.15) is 38.5 Å². The number of likely N-dealkylation sites (tertiary alicyclic amines) is 1. The Morgan fingerprint density at radius 1 is 1.30 bits per heavy atom. The SMILES string of the molecule is COC(CN)CC(=O)N1CCC(OCC2CCCCO2)CC1.Cl. The quantitative estimate of drug-likeness (QED) is 0.750. The number of carbonyl (C=O) groups is 1. The molecule has 2 aliphatic heterocycles. The minimum Gasteiger partial charge on any atom is -0.380 e. The second kappa shape index (κ2) is 11.2. The molecule has 0 spiro atoms. The molecular formula is C16H31ClN2O4. The van der Waals surface area contributed by atoms with E-state index in [2.05, 4.69) is 0 Å². The first-order valence-electron chi connectivity index (χ1n) is 8.46. The van der Waals surface area contributed by atoms with Crippen LogP contribution in [0.2, 0.25) is 0 Å². The van der Waals surface area contributed by atoms with Gasteiger partial charge in [-0.3, -0.25) is 4.79 Å². The highest BCUT2D eigenvalue weighted by atomic mass is 35.5. The van der Waals surface area contributed by atoms with E-state index in [1.807, 2.05) is 4.90 Å². The molecule has 23 heavy (non-hydrogen) atoms. The Morgan fingerprint density at radius 2 is 2.04 bits per heavy atom. The van der Waals surface area contributed by atoms with E-state index >= 15 is 0 Å². The summed E-state index contributed by atoms with van der Waals surface area (Å²) in [5, 5.41) is 0. The number of methoxy groups -OCH3 is 1. The Kier molecular flexibility index (Phi) is 10.1. The van der Waals surface area contributed by atoms with E-state index in [0.29, 0.717) is 19.6 Å². The number of halogens is 1. The summed E-state index contributed by atoms with van der Waals surface area (Å²) < 4.78 is 16.8. The zero-order valence-corrected chi connectivity index (χ0v) is 14.9. The minimum atomic E-state index is -0.176. The Hall–Kier alpha value is -0.400. The lowest BCUT2D eigenvalue weighted by atomic mass is 10.1. The van der Waals surface area contributed by atoms with Crippen molar-refractivity contribution in [2.45, 2.75) is 56.8 Å². The van der Waals surface area contributed by atoms with Crippen LogP contribution in [-0.4, -0.2) is 69.1 Å². The molecule has 7 heteroatoms. The second-order valence-electron chi connectivity index (χ2n) is 6.20. The minimum absolute atomic E-state index is 0. The molecule has 6 nitrogen and oxygen atoms in total. The van der Waals surface area contributed by atoms with Gasteiger partial charge in [-0.05, 0) is 32.1 Å². The Bertz CT molecular complexity index is 328. The molecule has 2 unspecified atom stereocenters. The predicted molar refractivity (Wildman–Crippen MR) is 90.9 cm³/mol. The monoisotopic (exact) mass is 350 g/mol. The largest absolute Gasteiger partial charge is 0.380 e. The summed E-state index contributed by atoms with van der Waals surface area (Å²) in [6.45, 7) is 3.45. The zero-order valence-electron chi connectivity index (χ0n) is 14.1. The summed E-state index contributed by atoms with van der Waals surface area (Å²) in [6, 6.07) is 0. The third-order valence-electron chi connectivity index (χ3n) is 4.59. The molecule has 0 aliphatic carbocycles. The molecule has 2 N–H and O–H groups in total. The van der Waals surface area contributed by atoms with Crippen LogP contribution >= 0.6 is 12.4 Å². The standard InChI is InChI=1S/C16H30N2O4.ClH/c1-20-15(11-17)10-16(19)18-7-5-13(6-8-18)22-12-14-4-2-3-9-21-14;/h13-15H,2-12,17H2,1H3;1H. The number of ether oxygens (including phenoxy) is 3. The van der Waals surface area contributed by atoms with E-state index in [0.717, 1.165) is 39.0 Å². The fraction of sp³-hybridized carbons (Fsp3) is 0.938. The molecule has 0 aromatic heterocycles. The van der Waals surface area contributed by atoms with E-state index in [4.69, 9.17) is 19.9 Å². The highest BCUT2D eigenvalue weighted by Crippen LogP contribution is 2.18. The third kappa shape index (κ3) is 6.93. The second-order valence-corrected chi connectivity index (χ2v) is 6.20. The summed E-state index contributed by atoms with van der Waals surface area (Å²) in [5.74, 6) is 0.131. The van der Waals surface area contributed by atoms with Gasteiger partial charge in [0.25, 0.3) is 0 Å². The molecule has 0 bridgehead atoms. The number of piperidine rings is 1. The van der Waals surface area contributed by atoms with Crippen LogP contribution in [0, 0.1) is 0 Å². The molecule has 2 rings (SSSR count). The van der Waals surface area contributed by atoms with Gasteiger partial charge in [-0.15, -0.1) is 12.4 Å². The van der Waals surface area contributed by atoms with Gasteiger partial charge in [0.15, 0.2) is 0 Å². The lowest BCUT2D eigenvalue weighted by Crippen LogP contribution is -2.43. The highest BCUT2D eigenvalue weighted by Gasteiger charge is 2.25. The molecule has 2 heterocycles. The van der Waals surface area contributed by atoms with E-state index in [1.54, 1.807) is 7.11 Å². The topological polar surface area (TPSA) is 74.0 Å². The van der Waals surface area contributed by atoms with Gasteiger partial charge < -0.3 is 24.8 Å². The number of carbonyl (C=O) groups excluding carboxylic acids is 1. The number of hydrogen-bond donors (Lipinski definition) is 1. The molecule has 0 radical (unpaired) electrons. The third-order valence-corrected chi connectivity index (χ3v) is 4.59. The number of hydrogen-bond acceptors (Lipinski definition) is 5. The van der Waals surface area contributed by atoms with Crippen molar-refractivity contribution in [3.05, 3.63) is 0 Å². The molecular weight excluding hydrogens is 320 g/mol. The molecule has 0 aromatic carbocycles. The van der Waals surface area contributed by atoms with Crippen LogP contribution < -0.4 is 5.73 Å². The molecule has 2 fully saturated rings. The summed E-state index contributed by atoms with van der Waals surface area (Å²) in [4.78, 5) is 14.1. The van der Waals surface area contributed by atoms with Gasteiger partial charge in [0.2, 0.25) is 5.91 Å². The number of amides is 1. The van der Waals surface area contributed by atoms with Gasteiger partial charge >= 0.3 is 0 Å². The summed E-state index contributed by atoms with van der Waals surface area (Å²) in [6.07, 6.45) is 6.03. The van der Waals surface area contributed by atoms with Crippen LogP contribution in [0.4, 0.5) is 0 Å². The molecule has 0 saturated carbocycles. The average Bonchev–Trinajstić information content (AvgIpc) is 2.59. The summed E-state index contributed by atoms with van der Waals surface area (Å²) >= 11 is 0. The molecule has 0 aromatic rings. The molecule has 2 aliphatic rings. The van der Waals surface area contributed by atoms with Gasteiger partial charge in [0.05, 0.1) is 31.3 Å². The summed E-state index contributed by atoms with van der Waals surface area (Å²) in [5.41, 5.74) is 5.57. The van der Waals surface area contributed by atoms with Gasteiger partial charge in [0, 0.05) is 33.4 Å². The number of rotatable bonds is 7. The molecule has 136 valence electrons. The van der Waals surface area contributed by atoms with Crippen LogP contribution in [0.15, 0.2) is 0 Å². The molecule has 1 amide bonds. The number of nitrogens with two attached hydrogens (primary N) is 1. The number of nitrogens with zero attached hydrogens (tertiary/aromatic N) is 1. The van der Waals surface area contributed by atoms with Gasteiger partial charge in [0.1, 0.15) is 0 Å². The highest BCUT2D eigenvalue weighted by molar-refractivity contribution is 5.85. The fourth-order valence-electron chi connectivity index (χ4n) is 3.04. The Labute approximate surface area is 145 Å². The van der Waals surface area contributed by atoms with Gasteiger partial charge in [-0.1, -0.05) is 0 Å². The van der Waals surface area contributed by atoms with Crippen molar-refractivity contribution in [3.8, 4) is 0 Å². The first kappa shape index (κ1) is 20.6. The maximum absolute atomic E-state index is 12.2. The fourth-order valence-corrected chi connectivity index (χ4v) is 3.04. The smallest absolute Gasteiger partial charge is 0.225 e. The van der Waals surface area contributed by atoms with Crippen molar-refractivity contribution < 1.29 is 19.0 Å². The average molecular weight is 351 g/mol. The van der Waals surface area contributed by atoms with Crippen molar-refractivity contribution in [1.29, 1.82) is 0 Å². The maximum atomic E-state index is 12.2. The zero-order chi connectivity index (χ0) is 15.8. The van der Waals surface area contributed by atoms with Crippen molar-refractivity contribution >= 4 is 18.3 Å². The van der Waals surface area contributed by atoms with Gasteiger partial charge in [-0.25, -0.2) is 0 Å². The van der Waals surface area contributed by atoms with Crippen LogP contribution in [0.25, 0.3) is 0 Å². The van der Waals surface area contributed by atoms with E-state index in [1.165, 1.54) is 12.8 Å². The maximum Gasteiger partial charge on any atom is 0.225 e. The van der Waals surface area contributed by atoms with E-state index in [9.17, 15) is 4.79 Å². The van der Waals surface area contributed by atoms with Gasteiger partial charge in [-0.2, -0.15) is 0 Å². The van der Waals surface area contributed by atoms with Crippen molar-refractivity contribution in [2.24, 2.45) is 5.73 Å². The first-order valence-corrected chi connectivity index (χ1v) is 8.46. The van der Waals surface area contributed by atoms with E-state index in [-0.39, 0.29) is 36.6 Å². The first-order chi connectivity index (χ1) is 10.7.